The van der Waals surface area contributed by atoms with E-state index in [4.69, 9.17) is 6.42 Å². The van der Waals surface area contributed by atoms with Crippen molar-refractivity contribution >= 4 is 11.8 Å². The third kappa shape index (κ3) is 1.81. The Hall–Kier alpha value is -1.39. The molecule has 0 radical (unpaired) electrons. The van der Waals surface area contributed by atoms with Crippen molar-refractivity contribution in [2.24, 2.45) is 0 Å². The minimum atomic E-state index is -0.100. The fourth-order valence-corrected chi connectivity index (χ4v) is 3.30. The van der Waals surface area contributed by atoms with Gasteiger partial charge in [0.05, 0.1) is 4.75 Å². The average molecular weight is 226 g/mol. The molecule has 2 rings (SSSR count). The van der Waals surface area contributed by atoms with Crippen molar-refractivity contribution in [1.82, 2.24) is 0 Å². The van der Waals surface area contributed by atoms with Crippen LogP contribution >= 0.6 is 11.8 Å². The predicted octanol–water partition coefficient (Wildman–Crippen LogP) is 4.03. The highest BCUT2D eigenvalue weighted by Gasteiger charge is 2.34. The molecule has 1 unspecified atom stereocenters. The van der Waals surface area contributed by atoms with E-state index in [1.54, 1.807) is 11.8 Å². The van der Waals surface area contributed by atoms with Crippen molar-refractivity contribution in [3.05, 3.63) is 59.0 Å². The molecule has 1 heteroatoms. The molecule has 16 heavy (non-hydrogen) atoms. The summed E-state index contributed by atoms with van der Waals surface area (Å²) >= 11 is 1.76. The summed E-state index contributed by atoms with van der Waals surface area (Å²) in [7, 11) is 0. The Morgan fingerprint density at radius 2 is 2.19 bits per heavy atom. The lowest BCUT2D eigenvalue weighted by Crippen LogP contribution is -2.17. The Morgan fingerprint density at radius 3 is 2.75 bits per heavy atom. The zero-order chi connectivity index (χ0) is 11.6. The van der Waals surface area contributed by atoms with E-state index in [-0.39, 0.29) is 4.75 Å². The molecule has 1 atom stereocenters. The number of rotatable bonds is 2. The van der Waals surface area contributed by atoms with Crippen molar-refractivity contribution in [3.63, 3.8) is 0 Å². The number of thioether (sulfide) groups is 1. The molecule has 1 heterocycles. The van der Waals surface area contributed by atoms with Crippen molar-refractivity contribution in [3.8, 4) is 12.3 Å². The Balaban J connectivity index is 2.50. The van der Waals surface area contributed by atoms with Crippen LogP contribution < -0.4 is 0 Å². The van der Waals surface area contributed by atoms with Gasteiger partial charge in [0.25, 0.3) is 0 Å². The third-order valence-corrected chi connectivity index (χ3v) is 4.08. The molecule has 0 N–H and O–H groups in total. The molecule has 1 aliphatic rings. The van der Waals surface area contributed by atoms with Crippen LogP contribution in [0.5, 0.6) is 0 Å². The molecule has 0 bridgehead atoms. The second-order valence-electron chi connectivity index (χ2n) is 3.99. The first kappa shape index (κ1) is 11.1. The molecule has 1 aromatic carbocycles. The van der Waals surface area contributed by atoms with E-state index in [2.05, 4.69) is 55.8 Å². The molecule has 0 amide bonds. The molecule has 0 fully saturated rings. The number of terminal acetylenes is 1. The molecule has 0 saturated carbocycles. The number of allylic oxidation sites excluding steroid dienone is 1. The summed E-state index contributed by atoms with van der Waals surface area (Å²) in [5.41, 5.74) is 2.58. The van der Waals surface area contributed by atoms with Crippen LogP contribution in [0, 0.1) is 19.3 Å². The first-order valence-electron chi connectivity index (χ1n) is 5.25. The topological polar surface area (TPSA) is 0 Å². The average Bonchev–Trinajstić information content (AvgIpc) is 2.62. The Labute approximate surface area is 101 Å². The summed E-state index contributed by atoms with van der Waals surface area (Å²) < 4.78 is -0.100. The second-order valence-corrected chi connectivity index (χ2v) is 5.44. The zero-order valence-corrected chi connectivity index (χ0v) is 10.2. The van der Waals surface area contributed by atoms with Crippen LogP contribution in [-0.2, 0) is 4.75 Å². The highest BCUT2D eigenvalue weighted by molar-refractivity contribution is 8.04. The minimum Gasteiger partial charge on any atom is -0.120 e. The summed E-state index contributed by atoms with van der Waals surface area (Å²) in [4.78, 5) is 1.08. The number of hydrogen-bond acceptors (Lipinski definition) is 1. The summed E-state index contributed by atoms with van der Waals surface area (Å²) in [6.45, 7) is 6.12. The fourth-order valence-electron chi connectivity index (χ4n) is 2.06. The maximum Gasteiger partial charge on any atom is 0.0749 e. The van der Waals surface area contributed by atoms with Gasteiger partial charge in [-0.3, -0.25) is 0 Å². The lowest BCUT2D eigenvalue weighted by atomic mass is 9.91. The van der Waals surface area contributed by atoms with Crippen LogP contribution in [0.25, 0.3) is 0 Å². The highest BCUT2D eigenvalue weighted by Crippen LogP contribution is 2.50. The Kier molecular flexibility index (Phi) is 2.94. The van der Waals surface area contributed by atoms with E-state index in [1.165, 1.54) is 11.1 Å². The lowest BCUT2D eigenvalue weighted by molar-refractivity contribution is 0.806. The van der Waals surface area contributed by atoms with Gasteiger partial charge in [0, 0.05) is 11.3 Å². The van der Waals surface area contributed by atoms with Crippen molar-refractivity contribution in [1.29, 1.82) is 0 Å². The van der Waals surface area contributed by atoms with Gasteiger partial charge in [0.15, 0.2) is 0 Å². The van der Waals surface area contributed by atoms with Gasteiger partial charge in [-0.15, -0.1) is 24.1 Å². The van der Waals surface area contributed by atoms with Gasteiger partial charge >= 0.3 is 0 Å². The van der Waals surface area contributed by atoms with Crippen LogP contribution in [0.15, 0.2) is 47.9 Å². The Bertz CT molecular complexity index is 490. The number of hydrogen-bond donors (Lipinski definition) is 0. The van der Waals surface area contributed by atoms with Crippen molar-refractivity contribution in [2.75, 3.05) is 0 Å². The normalized spacial score (nSPS) is 23.4. The SMILES string of the molecule is C#CCC1(c2ccccc2C)C=CC(=C)S1. The van der Waals surface area contributed by atoms with E-state index in [0.717, 1.165) is 4.91 Å². The van der Waals surface area contributed by atoms with Gasteiger partial charge in [-0.25, -0.2) is 0 Å². The summed E-state index contributed by atoms with van der Waals surface area (Å²) in [6, 6.07) is 8.41. The summed E-state index contributed by atoms with van der Waals surface area (Å²) in [6.07, 6.45) is 10.5. The van der Waals surface area contributed by atoms with Gasteiger partial charge in [-0.05, 0) is 18.1 Å². The third-order valence-electron chi connectivity index (χ3n) is 2.82. The van der Waals surface area contributed by atoms with Crippen LogP contribution in [0.1, 0.15) is 17.5 Å². The van der Waals surface area contributed by atoms with Gasteiger partial charge in [0.2, 0.25) is 0 Å². The van der Waals surface area contributed by atoms with Gasteiger partial charge in [-0.2, -0.15) is 0 Å². The summed E-state index contributed by atoms with van der Waals surface area (Å²) in [5.74, 6) is 2.78. The molecule has 0 spiro atoms. The monoisotopic (exact) mass is 226 g/mol. The molecular weight excluding hydrogens is 212 g/mol. The van der Waals surface area contributed by atoms with E-state index >= 15 is 0 Å². The maximum absolute atomic E-state index is 5.50. The second kappa shape index (κ2) is 4.23. The molecule has 1 aliphatic heterocycles. The van der Waals surface area contributed by atoms with Crippen molar-refractivity contribution in [2.45, 2.75) is 18.1 Å². The first-order chi connectivity index (χ1) is 7.68. The van der Waals surface area contributed by atoms with E-state index in [1.807, 2.05) is 0 Å². The van der Waals surface area contributed by atoms with Crippen molar-refractivity contribution < 1.29 is 0 Å². The molecular formula is C15H14S. The molecule has 0 nitrogen and oxygen atoms in total. The lowest BCUT2D eigenvalue weighted by Gasteiger charge is -2.26. The smallest absolute Gasteiger partial charge is 0.0749 e. The van der Waals surface area contributed by atoms with Gasteiger partial charge in [-0.1, -0.05) is 43.0 Å². The van der Waals surface area contributed by atoms with E-state index < -0.39 is 0 Å². The van der Waals surface area contributed by atoms with E-state index in [9.17, 15) is 0 Å². The van der Waals surface area contributed by atoms with E-state index in [0.29, 0.717) is 6.42 Å². The maximum atomic E-state index is 5.50. The van der Waals surface area contributed by atoms with Crippen LogP contribution in [0.3, 0.4) is 0 Å². The summed E-state index contributed by atoms with van der Waals surface area (Å²) in [5, 5.41) is 0. The standard InChI is InChI=1S/C15H14S/c1-4-10-15(11-9-13(3)16-15)14-8-6-5-7-12(14)2/h1,5-9,11H,3,10H2,2H3. The quantitative estimate of drug-likeness (QED) is 0.686. The van der Waals surface area contributed by atoms with Gasteiger partial charge < -0.3 is 0 Å². The minimum absolute atomic E-state index is 0.100. The Morgan fingerprint density at radius 1 is 1.44 bits per heavy atom. The van der Waals surface area contributed by atoms with Crippen LogP contribution in [-0.4, -0.2) is 0 Å². The predicted molar refractivity (Wildman–Crippen MR) is 72.2 cm³/mol. The molecule has 0 aliphatic carbocycles. The number of aryl methyl sites for hydroxylation is 1. The zero-order valence-electron chi connectivity index (χ0n) is 9.36. The van der Waals surface area contributed by atoms with Crippen LogP contribution in [0.2, 0.25) is 0 Å². The van der Waals surface area contributed by atoms with Crippen LogP contribution in [0.4, 0.5) is 0 Å². The molecule has 0 aromatic heterocycles. The largest absolute Gasteiger partial charge is 0.120 e. The molecule has 0 saturated heterocycles. The first-order valence-corrected chi connectivity index (χ1v) is 6.06. The van der Waals surface area contributed by atoms with Gasteiger partial charge in [0.1, 0.15) is 0 Å². The highest BCUT2D eigenvalue weighted by atomic mass is 32.2. The fraction of sp³-hybridized carbons (Fsp3) is 0.200. The number of benzene rings is 1. The molecule has 80 valence electrons. The molecule has 1 aromatic rings.